The van der Waals surface area contributed by atoms with Crippen LogP contribution in [-0.4, -0.2) is 24.9 Å². The van der Waals surface area contributed by atoms with Gasteiger partial charge in [-0.1, -0.05) is 0 Å². The number of carbonyl (C=O) groups is 1. The molecule has 9 heteroatoms. The fraction of sp³-hybridized carbons (Fsp3) is 0.0714. The number of hydrogen-bond donors (Lipinski definition) is 4. The first-order chi connectivity index (χ1) is 11.0. The van der Waals surface area contributed by atoms with Crippen molar-refractivity contribution in [1.29, 1.82) is 0 Å². The van der Waals surface area contributed by atoms with Crippen molar-refractivity contribution in [3.05, 3.63) is 42.4 Å². The van der Waals surface area contributed by atoms with Gasteiger partial charge in [-0.2, -0.15) is 4.99 Å². The zero-order chi connectivity index (χ0) is 16.8. The monoisotopic (exact) mass is 316 g/mol. The van der Waals surface area contributed by atoms with Crippen LogP contribution in [0.2, 0.25) is 0 Å². The molecule has 0 aliphatic rings. The Bertz CT molecular complexity index is 748. The van der Waals surface area contributed by atoms with Gasteiger partial charge < -0.3 is 31.7 Å². The van der Waals surface area contributed by atoms with Crippen LogP contribution in [0.1, 0.15) is 10.6 Å². The molecule has 2 rings (SSSR count). The van der Waals surface area contributed by atoms with Crippen LogP contribution in [0.25, 0.3) is 0 Å². The molecule has 0 radical (unpaired) electrons. The number of furan rings is 1. The lowest BCUT2D eigenvalue weighted by Gasteiger charge is -2.10. The highest BCUT2D eigenvalue weighted by Crippen LogP contribution is 2.29. The first-order valence-electron chi connectivity index (χ1n) is 6.46. The first-order valence-corrected chi connectivity index (χ1v) is 6.46. The highest BCUT2D eigenvalue weighted by Gasteiger charge is 2.12. The lowest BCUT2D eigenvalue weighted by atomic mass is 10.2. The van der Waals surface area contributed by atoms with E-state index in [0.29, 0.717) is 17.1 Å². The van der Waals surface area contributed by atoms with Gasteiger partial charge in [-0.05, 0) is 30.3 Å². The minimum atomic E-state index is -0.424. The molecule has 0 fully saturated rings. The van der Waals surface area contributed by atoms with E-state index in [-0.39, 0.29) is 17.7 Å². The van der Waals surface area contributed by atoms with Crippen molar-refractivity contribution in [1.82, 2.24) is 0 Å². The lowest BCUT2D eigenvalue weighted by Crippen LogP contribution is -2.26. The van der Waals surface area contributed by atoms with Crippen LogP contribution in [0, 0.1) is 0 Å². The van der Waals surface area contributed by atoms with Gasteiger partial charge in [-0.15, -0.1) is 0 Å². The largest absolute Gasteiger partial charge is 0.495 e. The Kier molecular flexibility index (Phi) is 4.82. The zero-order valence-corrected chi connectivity index (χ0v) is 12.3. The van der Waals surface area contributed by atoms with Gasteiger partial charge in [0.15, 0.2) is 11.7 Å². The van der Waals surface area contributed by atoms with Gasteiger partial charge in [0.2, 0.25) is 5.96 Å². The van der Waals surface area contributed by atoms with Gasteiger partial charge in [0, 0.05) is 0 Å². The van der Waals surface area contributed by atoms with Crippen molar-refractivity contribution in [3.63, 3.8) is 0 Å². The number of anilines is 1. The maximum Gasteiger partial charge on any atom is 0.291 e. The molecule has 0 spiro atoms. The zero-order valence-electron chi connectivity index (χ0n) is 12.3. The molecule has 1 aromatic carbocycles. The number of carbonyl (C=O) groups excluding carboxylic acids is 1. The van der Waals surface area contributed by atoms with Crippen LogP contribution >= 0.6 is 0 Å². The summed E-state index contributed by atoms with van der Waals surface area (Å²) in [6.07, 6.45) is 1.41. The molecule has 0 bridgehead atoms. The van der Waals surface area contributed by atoms with E-state index in [4.69, 9.17) is 26.4 Å². The standard InChI is InChI=1S/C14H16N6O3/c1-22-10-5-4-8(18-14(17)20-13(15)16)7-9(10)19-12(21)11-3-2-6-23-11/h2-7H,1H3,(H,19,21)(H6,15,16,17,18,20). The number of amides is 1. The van der Waals surface area contributed by atoms with E-state index in [2.05, 4.69) is 15.3 Å². The molecule has 0 unspecified atom stereocenters. The SMILES string of the molecule is COc1ccc(N=C(N)N=C(N)N)cc1NC(=O)c1ccco1. The van der Waals surface area contributed by atoms with Crippen molar-refractivity contribution < 1.29 is 13.9 Å². The van der Waals surface area contributed by atoms with E-state index >= 15 is 0 Å². The molecule has 1 heterocycles. The first kappa shape index (κ1) is 15.9. The van der Waals surface area contributed by atoms with Gasteiger partial charge in [-0.25, -0.2) is 4.99 Å². The second-order valence-electron chi connectivity index (χ2n) is 4.32. The average molecular weight is 316 g/mol. The number of rotatable bonds is 4. The highest BCUT2D eigenvalue weighted by atomic mass is 16.5. The van der Waals surface area contributed by atoms with Crippen LogP contribution in [-0.2, 0) is 0 Å². The maximum absolute atomic E-state index is 12.0. The van der Waals surface area contributed by atoms with Gasteiger partial charge in [0.05, 0.1) is 24.7 Å². The third kappa shape index (κ3) is 4.24. The van der Waals surface area contributed by atoms with Crippen LogP contribution in [0.15, 0.2) is 51.0 Å². The summed E-state index contributed by atoms with van der Waals surface area (Å²) in [5.74, 6) is -0.124. The number of benzene rings is 1. The van der Waals surface area contributed by atoms with E-state index in [1.807, 2.05) is 0 Å². The quantitative estimate of drug-likeness (QED) is 0.482. The molecule has 23 heavy (non-hydrogen) atoms. The summed E-state index contributed by atoms with van der Waals surface area (Å²) in [5.41, 5.74) is 16.8. The Morgan fingerprint density at radius 2 is 2.04 bits per heavy atom. The molecule has 7 N–H and O–H groups in total. The third-order valence-electron chi connectivity index (χ3n) is 2.66. The number of methoxy groups -OCH3 is 1. The summed E-state index contributed by atoms with van der Waals surface area (Å²) in [4.78, 5) is 19.7. The molecule has 2 aromatic rings. The predicted molar refractivity (Wildman–Crippen MR) is 86.7 cm³/mol. The Labute approximate surface area is 131 Å². The van der Waals surface area contributed by atoms with Gasteiger partial charge >= 0.3 is 0 Å². The summed E-state index contributed by atoms with van der Waals surface area (Å²) < 4.78 is 10.2. The number of ether oxygens (including phenoxy) is 1. The van der Waals surface area contributed by atoms with E-state index < -0.39 is 5.91 Å². The molecular formula is C14H16N6O3. The van der Waals surface area contributed by atoms with E-state index in [1.165, 1.54) is 13.4 Å². The fourth-order valence-corrected chi connectivity index (χ4v) is 1.74. The van der Waals surface area contributed by atoms with Crippen LogP contribution in [0.4, 0.5) is 11.4 Å². The maximum atomic E-state index is 12.0. The molecule has 9 nitrogen and oxygen atoms in total. The second-order valence-corrected chi connectivity index (χ2v) is 4.32. The molecule has 0 aliphatic carbocycles. The number of nitrogens with two attached hydrogens (primary N) is 3. The smallest absolute Gasteiger partial charge is 0.291 e. The molecule has 0 saturated carbocycles. The number of nitrogens with zero attached hydrogens (tertiary/aromatic N) is 2. The van der Waals surface area contributed by atoms with Crippen LogP contribution in [0.5, 0.6) is 5.75 Å². The summed E-state index contributed by atoms with van der Waals surface area (Å²) in [6.45, 7) is 0. The second kappa shape index (κ2) is 6.98. The predicted octanol–water partition coefficient (Wildman–Crippen LogP) is 0.760. The molecule has 0 aliphatic heterocycles. The average Bonchev–Trinajstić information content (AvgIpc) is 3.01. The molecule has 1 amide bonds. The van der Waals surface area contributed by atoms with Crippen molar-refractivity contribution >= 4 is 29.2 Å². The fourth-order valence-electron chi connectivity index (χ4n) is 1.74. The van der Waals surface area contributed by atoms with E-state index in [1.54, 1.807) is 30.3 Å². The highest BCUT2D eigenvalue weighted by molar-refractivity contribution is 6.03. The summed E-state index contributed by atoms with van der Waals surface area (Å²) in [7, 11) is 1.48. The molecule has 120 valence electrons. The summed E-state index contributed by atoms with van der Waals surface area (Å²) in [5, 5.41) is 2.67. The normalized spacial score (nSPS) is 10.9. The van der Waals surface area contributed by atoms with Crippen molar-refractivity contribution in [2.45, 2.75) is 0 Å². The third-order valence-corrected chi connectivity index (χ3v) is 2.66. The van der Waals surface area contributed by atoms with Gasteiger partial charge in [0.1, 0.15) is 5.75 Å². The van der Waals surface area contributed by atoms with Gasteiger partial charge in [0.25, 0.3) is 5.91 Å². The van der Waals surface area contributed by atoms with E-state index in [9.17, 15) is 4.79 Å². The van der Waals surface area contributed by atoms with Crippen molar-refractivity contribution in [2.75, 3.05) is 12.4 Å². The summed E-state index contributed by atoms with van der Waals surface area (Å²) >= 11 is 0. The van der Waals surface area contributed by atoms with Crippen LogP contribution < -0.4 is 27.3 Å². The minimum Gasteiger partial charge on any atom is -0.495 e. The Morgan fingerprint density at radius 3 is 2.65 bits per heavy atom. The number of guanidine groups is 2. The van der Waals surface area contributed by atoms with Crippen molar-refractivity contribution in [3.8, 4) is 5.75 Å². The van der Waals surface area contributed by atoms with Crippen molar-refractivity contribution in [2.24, 2.45) is 27.2 Å². The molecule has 0 saturated heterocycles. The number of nitrogens with one attached hydrogen (secondary N) is 1. The lowest BCUT2D eigenvalue weighted by molar-refractivity contribution is 0.0996. The molecule has 0 atom stereocenters. The Hall–Kier alpha value is -3.49. The topological polar surface area (TPSA) is 154 Å². The molecular weight excluding hydrogens is 300 g/mol. The summed E-state index contributed by atoms with van der Waals surface area (Å²) in [6, 6.07) is 7.98. The number of aliphatic imine (C=N–C) groups is 2. The van der Waals surface area contributed by atoms with E-state index in [0.717, 1.165) is 0 Å². The molecule has 1 aromatic heterocycles. The van der Waals surface area contributed by atoms with Gasteiger partial charge in [-0.3, -0.25) is 4.79 Å². The Balaban J connectivity index is 2.29. The number of hydrogen-bond acceptors (Lipinski definition) is 4. The van der Waals surface area contributed by atoms with Crippen LogP contribution in [0.3, 0.4) is 0 Å². The Morgan fingerprint density at radius 1 is 1.26 bits per heavy atom. The minimum absolute atomic E-state index is 0.113.